The molecule has 1 saturated heterocycles. The molecule has 0 aromatic carbocycles. The molecule has 0 spiro atoms. The topological polar surface area (TPSA) is 75.6 Å². The van der Waals surface area contributed by atoms with Crippen LogP contribution in [0.2, 0.25) is 0 Å². The van der Waals surface area contributed by atoms with Crippen molar-refractivity contribution in [1.29, 1.82) is 0 Å². The van der Waals surface area contributed by atoms with Crippen LogP contribution in [-0.4, -0.2) is 47.2 Å². The van der Waals surface area contributed by atoms with Crippen molar-refractivity contribution in [1.82, 2.24) is 15.1 Å². The number of aromatic nitrogens is 2. The summed E-state index contributed by atoms with van der Waals surface area (Å²) in [7, 11) is 0. The van der Waals surface area contributed by atoms with Crippen molar-refractivity contribution in [2.75, 3.05) is 31.1 Å². The van der Waals surface area contributed by atoms with Crippen molar-refractivity contribution < 1.29 is 13.6 Å². The van der Waals surface area contributed by atoms with E-state index in [1.54, 1.807) is 23.3 Å². The fourth-order valence-electron chi connectivity index (χ4n) is 2.74. The highest BCUT2D eigenvalue weighted by Crippen LogP contribution is 2.20. The van der Waals surface area contributed by atoms with E-state index in [4.69, 9.17) is 8.83 Å². The molecule has 0 saturated carbocycles. The Morgan fingerprint density at radius 3 is 2.33 bits per heavy atom. The Hall–Kier alpha value is -3.09. The minimum atomic E-state index is -0.0705. The van der Waals surface area contributed by atoms with Crippen LogP contribution in [0.15, 0.2) is 57.8 Å². The van der Waals surface area contributed by atoms with Gasteiger partial charge < -0.3 is 18.6 Å². The number of amides is 1. The van der Waals surface area contributed by atoms with Crippen LogP contribution in [0.5, 0.6) is 0 Å². The van der Waals surface area contributed by atoms with Crippen molar-refractivity contribution in [3.8, 4) is 11.5 Å². The minimum Gasteiger partial charge on any atom is -0.463 e. The molecule has 0 atom stereocenters. The first-order chi connectivity index (χ1) is 11.8. The average molecular weight is 324 g/mol. The highest BCUT2D eigenvalue weighted by molar-refractivity contribution is 5.91. The maximum Gasteiger partial charge on any atom is 0.289 e. The molecule has 7 heteroatoms. The minimum absolute atomic E-state index is 0.0705. The van der Waals surface area contributed by atoms with Gasteiger partial charge in [0, 0.05) is 26.2 Å². The van der Waals surface area contributed by atoms with Crippen LogP contribution in [0.4, 0.5) is 5.82 Å². The third kappa shape index (κ3) is 2.76. The molecule has 4 heterocycles. The van der Waals surface area contributed by atoms with Crippen molar-refractivity contribution in [3.63, 3.8) is 0 Å². The molecule has 3 aromatic heterocycles. The van der Waals surface area contributed by atoms with Crippen LogP contribution >= 0.6 is 0 Å². The molecule has 3 aromatic rings. The number of hydrogen-bond acceptors (Lipinski definition) is 6. The Kier molecular flexibility index (Phi) is 3.74. The zero-order valence-corrected chi connectivity index (χ0v) is 13.0. The molecule has 24 heavy (non-hydrogen) atoms. The number of rotatable bonds is 3. The van der Waals surface area contributed by atoms with E-state index >= 15 is 0 Å². The van der Waals surface area contributed by atoms with E-state index in [1.165, 1.54) is 6.26 Å². The van der Waals surface area contributed by atoms with Gasteiger partial charge in [-0.1, -0.05) is 0 Å². The van der Waals surface area contributed by atoms with Crippen LogP contribution in [0.1, 0.15) is 10.6 Å². The summed E-state index contributed by atoms with van der Waals surface area (Å²) in [6, 6.07) is 10.9. The lowest BCUT2D eigenvalue weighted by Gasteiger charge is -2.34. The SMILES string of the molecule is O=C(c1ccco1)N1CCN(c2ccc(-c3ccco3)nn2)CC1. The normalized spacial score (nSPS) is 14.8. The summed E-state index contributed by atoms with van der Waals surface area (Å²) < 4.78 is 10.5. The first kappa shape index (κ1) is 14.5. The zero-order chi connectivity index (χ0) is 16.4. The van der Waals surface area contributed by atoms with Crippen molar-refractivity contribution >= 4 is 11.7 Å². The largest absolute Gasteiger partial charge is 0.463 e. The maximum absolute atomic E-state index is 12.3. The van der Waals surface area contributed by atoms with Gasteiger partial charge in [0.15, 0.2) is 17.3 Å². The molecular formula is C17H16N4O3. The van der Waals surface area contributed by atoms with E-state index in [0.29, 0.717) is 43.4 Å². The number of furan rings is 2. The second-order valence-electron chi connectivity index (χ2n) is 5.51. The van der Waals surface area contributed by atoms with Gasteiger partial charge in [0.2, 0.25) is 0 Å². The van der Waals surface area contributed by atoms with Crippen LogP contribution in [0.3, 0.4) is 0 Å². The van der Waals surface area contributed by atoms with Gasteiger partial charge in [0.05, 0.1) is 12.5 Å². The summed E-state index contributed by atoms with van der Waals surface area (Å²) in [5.74, 6) is 1.81. The fourth-order valence-corrected chi connectivity index (χ4v) is 2.74. The van der Waals surface area contributed by atoms with Crippen LogP contribution in [0.25, 0.3) is 11.5 Å². The molecule has 4 rings (SSSR count). The summed E-state index contributed by atoms with van der Waals surface area (Å²) >= 11 is 0. The molecule has 1 amide bonds. The highest BCUT2D eigenvalue weighted by atomic mass is 16.3. The number of nitrogens with zero attached hydrogens (tertiary/aromatic N) is 4. The van der Waals surface area contributed by atoms with Gasteiger partial charge in [-0.05, 0) is 36.4 Å². The Balaban J connectivity index is 1.40. The Morgan fingerprint density at radius 2 is 1.71 bits per heavy atom. The van der Waals surface area contributed by atoms with Gasteiger partial charge in [-0.25, -0.2) is 0 Å². The molecule has 0 aliphatic carbocycles. The summed E-state index contributed by atoms with van der Waals surface area (Å²) in [4.78, 5) is 16.2. The molecule has 0 unspecified atom stereocenters. The number of piperazine rings is 1. The Morgan fingerprint density at radius 1 is 0.917 bits per heavy atom. The van der Waals surface area contributed by atoms with E-state index in [2.05, 4.69) is 15.1 Å². The predicted molar refractivity (Wildman–Crippen MR) is 86.6 cm³/mol. The van der Waals surface area contributed by atoms with Gasteiger partial charge in [-0.15, -0.1) is 10.2 Å². The van der Waals surface area contributed by atoms with E-state index < -0.39 is 0 Å². The first-order valence-electron chi connectivity index (χ1n) is 7.76. The summed E-state index contributed by atoms with van der Waals surface area (Å²) in [5.41, 5.74) is 0.704. The fraction of sp³-hybridized carbons (Fsp3) is 0.235. The third-order valence-electron chi connectivity index (χ3n) is 4.05. The molecule has 1 aliphatic rings. The van der Waals surface area contributed by atoms with Gasteiger partial charge in [0.25, 0.3) is 5.91 Å². The molecule has 122 valence electrons. The number of hydrogen-bond donors (Lipinski definition) is 0. The smallest absolute Gasteiger partial charge is 0.289 e. The van der Waals surface area contributed by atoms with Crippen LogP contribution in [-0.2, 0) is 0 Å². The van der Waals surface area contributed by atoms with Gasteiger partial charge >= 0.3 is 0 Å². The number of anilines is 1. The zero-order valence-electron chi connectivity index (χ0n) is 13.0. The molecule has 0 bridgehead atoms. The second kappa shape index (κ2) is 6.19. The maximum atomic E-state index is 12.3. The highest BCUT2D eigenvalue weighted by Gasteiger charge is 2.24. The monoisotopic (exact) mass is 324 g/mol. The molecule has 7 nitrogen and oxygen atoms in total. The summed E-state index contributed by atoms with van der Waals surface area (Å²) in [5, 5.41) is 8.48. The third-order valence-corrected chi connectivity index (χ3v) is 4.05. The second-order valence-corrected chi connectivity index (χ2v) is 5.51. The van der Waals surface area contributed by atoms with Crippen LogP contribution < -0.4 is 4.90 Å². The van der Waals surface area contributed by atoms with Gasteiger partial charge in [-0.3, -0.25) is 4.79 Å². The first-order valence-corrected chi connectivity index (χ1v) is 7.76. The molecule has 1 aliphatic heterocycles. The molecule has 0 radical (unpaired) electrons. The van der Waals surface area contributed by atoms with E-state index in [-0.39, 0.29) is 5.91 Å². The average Bonchev–Trinajstić information content (AvgIpc) is 3.35. The van der Waals surface area contributed by atoms with Crippen molar-refractivity contribution in [3.05, 3.63) is 54.7 Å². The van der Waals surface area contributed by atoms with E-state index in [9.17, 15) is 4.79 Å². The lowest BCUT2D eigenvalue weighted by molar-refractivity contribution is 0.0714. The number of carbonyl (C=O) groups is 1. The molecule has 0 N–H and O–H groups in total. The summed E-state index contributed by atoms with van der Waals surface area (Å²) in [6.45, 7) is 2.67. The standard InChI is InChI=1S/C17H16N4O3/c22-17(15-4-2-12-24-15)21-9-7-20(8-10-21)16-6-5-13(18-19-16)14-3-1-11-23-14/h1-6,11-12H,7-10H2. The molecule has 1 fully saturated rings. The quantitative estimate of drug-likeness (QED) is 0.736. The van der Waals surface area contributed by atoms with Crippen molar-refractivity contribution in [2.24, 2.45) is 0 Å². The molecular weight excluding hydrogens is 308 g/mol. The lowest BCUT2D eigenvalue weighted by atomic mass is 10.2. The number of carbonyl (C=O) groups excluding carboxylic acids is 1. The van der Waals surface area contributed by atoms with Gasteiger partial charge in [0.1, 0.15) is 5.69 Å². The van der Waals surface area contributed by atoms with Crippen LogP contribution in [0, 0.1) is 0 Å². The summed E-state index contributed by atoms with van der Waals surface area (Å²) in [6.07, 6.45) is 3.12. The Bertz CT molecular complexity index is 789. The van der Waals surface area contributed by atoms with E-state index in [1.807, 2.05) is 24.3 Å². The lowest BCUT2D eigenvalue weighted by Crippen LogP contribution is -2.49. The van der Waals surface area contributed by atoms with E-state index in [0.717, 1.165) is 5.82 Å². The van der Waals surface area contributed by atoms with Crippen molar-refractivity contribution in [2.45, 2.75) is 0 Å². The predicted octanol–water partition coefficient (Wildman–Crippen LogP) is 2.29. The Labute approximate surface area is 138 Å². The van der Waals surface area contributed by atoms with Gasteiger partial charge in [-0.2, -0.15) is 0 Å².